The van der Waals surface area contributed by atoms with Crippen LogP contribution in [-0.2, 0) is 11.5 Å². The van der Waals surface area contributed by atoms with Gasteiger partial charge in [-0.1, -0.05) is 161 Å². The molecular formula is C59H50N4O2Si. The largest absolute Gasteiger partial charge is 0.455 e. The molecule has 7 heteroatoms. The van der Waals surface area contributed by atoms with Gasteiger partial charge < -0.3 is 18.6 Å². The van der Waals surface area contributed by atoms with Crippen LogP contribution in [0.3, 0.4) is 0 Å². The molecule has 2 aromatic heterocycles. The molecule has 0 saturated heterocycles. The molecule has 0 aliphatic carbocycles. The lowest BCUT2D eigenvalue weighted by atomic mass is 9.84. The summed E-state index contributed by atoms with van der Waals surface area (Å²) >= 11 is 0. The molecule has 0 fully saturated rings. The van der Waals surface area contributed by atoms with Crippen molar-refractivity contribution in [3.8, 4) is 33.4 Å². The zero-order chi connectivity index (χ0) is 44.7. The van der Waals surface area contributed by atoms with Gasteiger partial charge in [-0.05, 0) is 69.1 Å². The molecule has 8 aromatic carbocycles. The highest BCUT2D eigenvalue weighted by atomic mass is 28.3. The zero-order valence-corrected chi connectivity index (χ0v) is 39.1. The Kier molecular flexibility index (Phi) is 9.47. The summed E-state index contributed by atoms with van der Waals surface area (Å²) in [5, 5.41) is 8.74. The van der Waals surface area contributed by atoms with Crippen LogP contribution >= 0.6 is 0 Å². The van der Waals surface area contributed by atoms with Crippen molar-refractivity contribution < 1.29 is 8.83 Å². The maximum atomic E-state index is 7.53. The first-order chi connectivity index (χ1) is 32.2. The normalized spacial score (nSPS) is 14.2. The van der Waals surface area contributed by atoms with Gasteiger partial charge in [-0.15, -0.1) is 0 Å². The molecule has 10 aromatic rings. The summed E-state index contributed by atoms with van der Waals surface area (Å²) in [6.07, 6.45) is 12.3. The standard InChI is InChI=1S/C59H50N4O2Si/c1-59(2,3)48-27-17-25-42-46-31-44(40-23-15-22-39(30-40)37-18-9-6-10-19-37)50-52(58(46)65-56(42)48)49-47(53(62-28-13-8-14-29-62)54(50)63-35-60-34-61-36-63)32-45(38-20-11-7-12-21-38)57-51(49)43-26-16-24-41(33-66(4)5)55(43)64-57/h6-28,30-32,34-35,66H,29,33,36H2,1-5H3. The predicted octanol–water partition coefficient (Wildman–Crippen LogP) is 15.4. The van der Waals surface area contributed by atoms with Crippen LogP contribution in [0.4, 0.5) is 11.4 Å². The van der Waals surface area contributed by atoms with Gasteiger partial charge in [-0.3, -0.25) is 4.99 Å². The zero-order valence-electron chi connectivity index (χ0n) is 38.0. The fraction of sp³-hybridized carbons (Fsp3) is 0.153. The lowest BCUT2D eigenvalue weighted by Gasteiger charge is -2.32. The third-order valence-corrected chi connectivity index (χ3v) is 14.6. The second kappa shape index (κ2) is 15.6. The van der Waals surface area contributed by atoms with Crippen molar-refractivity contribution in [3.05, 3.63) is 169 Å². The van der Waals surface area contributed by atoms with Crippen LogP contribution < -0.4 is 9.80 Å². The Morgan fingerprint density at radius 3 is 2.02 bits per heavy atom. The highest BCUT2D eigenvalue weighted by molar-refractivity contribution is 6.55. The van der Waals surface area contributed by atoms with E-state index in [9.17, 15) is 0 Å². The van der Waals surface area contributed by atoms with Crippen molar-refractivity contribution in [1.82, 2.24) is 0 Å². The van der Waals surface area contributed by atoms with E-state index in [0.29, 0.717) is 13.2 Å². The number of rotatable bonds is 7. The summed E-state index contributed by atoms with van der Waals surface area (Å²) < 4.78 is 14.9. The molecule has 0 amide bonds. The number of nitrogens with zero attached hydrogens (tertiary/aromatic N) is 4. The molecule has 4 heterocycles. The van der Waals surface area contributed by atoms with E-state index in [2.05, 4.69) is 202 Å². The van der Waals surface area contributed by atoms with Crippen LogP contribution in [0, 0.1) is 0 Å². The van der Waals surface area contributed by atoms with Crippen LogP contribution in [0.1, 0.15) is 31.9 Å². The molecule has 2 aliphatic heterocycles. The fourth-order valence-electron chi connectivity index (χ4n) is 10.5. The average Bonchev–Trinajstić information content (AvgIpc) is 3.93. The number of aliphatic imine (C=N–C) groups is 2. The van der Waals surface area contributed by atoms with Gasteiger partial charge >= 0.3 is 0 Å². The first-order valence-corrected chi connectivity index (χ1v) is 26.2. The predicted molar refractivity (Wildman–Crippen MR) is 284 cm³/mol. The van der Waals surface area contributed by atoms with E-state index in [1.54, 1.807) is 6.34 Å². The van der Waals surface area contributed by atoms with Crippen LogP contribution in [-0.4, -0.2) is 34.7 Å². The van der Waals surface area contributed by atoms with E-state index in [4.69, 9.17) is 18.8 Å². The molecule has 12 rings (SSSR count). The Hall–Kier alpha value is -7.48. The number of anilines is 2. The first kappa shape index (κ1) is 40.1. The third kappa shape index (κ3) is 6.44. The Labute approximate surface area is 386 Å². The summed E-state index contributed by atoms with van der Waals surface area (Å²) in [6, 6.07) is 49.7. The minimum atomic E-state index is -1.03. The number of allylic oxidation sites excluding steroid dienone is 2. The minimum Gasteiger partial charge on any atom is -0.455 e. The van der Waals surface area contributed by atoms with Gasteiger partial charge in [-0.25, -0.2) is 4.99 Å². The molecule has 66 heavy (non-hydrogen) atoms. The highest BCUT2D eigenvalue weighted by Gasteiger charge is 2.32. The molecule has 322 valence electrons. The summed E-state index contributed by atoms with van der Waals surface area (Å²) in [5.41, 5.74) is 14.7. The van der Waals surface area contributed by atoms with Crippen molar-refractivity contribution in [2.45, 2.75) is 45.3 Å². The number of hydrogen-bond donors (Lipinski definition) is 0. The Balaban J connectivity index is 1.39. The average molecular weight is 875 g/mol. The number of hydrogen-bond acceptors (Lipinski definition) is 6. The number of para-hydroxylation sites is 2. The van der Waals surface area contributed by atoms with Crippen LogP contribution in [0.15, 0.2) is 177 Å². The van der Waals surface area contributed by atoms with Crippen LogP contribution in [0.2, 0.25) is 13.1 Å². The monoisotopic (exact) mass is 874 g/mol. The molecule has 0 N–H and O–H groups in total. The third-order valence-electron chi connectivity index (χ3n) is 13.4. The second-order valence-electron chi connectivity index (χ2n) is 19.2. The van der Waals surface area contributed by atoms with Crippen LogP contribution in [0.25, 0.3) is 98.8 Å². The minimum absolute atomic E-state index is 0.165. The number of fused-ring (bicyclic) bond motifs is 11. The van der Waals surface area contributed by atoms with Gasteiger partial charge in [0, 0.05) is 75.8 Å². The van der Waals surface area contributed by atoms with E-state index >= 15 is 0 Å². The molecule has 0 atom stereocenters. The van der Waals surface area contributed by atoms with E-state index in [-0.39, 0.29) is 5.41 Å². The number of furan rings is 2. The van der Waals surface area contributed by atoms with E-state index in [1.807, 2.05) is 6.34 Å². The van der Waals surface area contributed by atoms with Crippen molar-refractivity contribution in [2.24, 2.45) is 9.98 Å². The lowest BCUT2D eigenvalue weighted by Crippen LogP contribution is -2.28. The van der Waals surface area contributed by atoms with E-state index in [0.717, 1.165) is 111 Å². The lowest BCUT2D eigenvalue weighted by molar-refractivity contribution is 0.573. The van der Waals surface area contributed by atoms with Gasteiger partial charge in [-0.2, -0.15) is 0 Å². The Morgan fingerprint density at radius 2 is 1.27 bits per heavy atom. The first-order valence-electron chi connectivity index (χ1n) is 23.1. The van der Waals surface area contributed by atoms with Gasteiger partial charge in [0.2, 0.25) is 0 Å². The van der Waals surface area contributed by atoms with Gasteiger partial charge in [0.15, 0.2) is 0 Å². The quantitative estimate of drug-likeness (QED) is 0.118. The molecule has 2 aliphatic rings. The molecule has 0 spiro atoms. The number of benzene rings is 8. The Bertz CT molecular complexity index is 3700. The van der Waals surface area contributed by atoms with Gasteiger partial charge in [0.25, 0.3) is 0 Å². The van der Waals surface area contributed by atoms with Crippen molar-refractivity contribution in [2.75, 3.05) is 23.0 Å². The topological polar surface area (TPSA) is 57.5 Å². The molecule has 0 saturated carbocycles. The van der Waals surface area contributed by atoms with Gasteiger partial charge in [0.1, 0.15) is 35.3 Å². The molecule has 6 nitrogen and oxygen atoms in total. The molecule has 0 bridgehead atoms. The SMILES string of the molecule is C[SiH](C)Cc1cccc2c1oc1c(-c3ccccc3)cc3c(N4C=CC=CC4)c(N4C=NC=NC4)c4c(-c5cccc(-c6ccccc6)c5)cc5c6cccc(C(C)(C)C)c6oc5c4c3c12. The highest BCUT2D eigenvalue weighted by Crippen LogP contribution is 2.56. The van der Waals surface area contributed by atoms with E-state index < -0.39 is 8.80 Å². The summed E-state index contributed by atoms with van der Waals surface area (Å²) in [4.78, 5) is 14.1. The summed E-state index contributed by atoms with van der Waals surface area (Å²) in [7, 11) is -1.03. The fourth-order valence-corrected chi connectivity index (χ4v) is 11.7. The van der Waals surface area contributed by atoms with E-state index in [1.165, 1.54) is 16.7 Å². The van der Waals surface area contributed by atoms with Crippen LogP contribution in [0.5, 0.6) is 0 Å². The summed E-state index contributed by atoms with van der Waals surface area (Å²) in [5.74, 6) is 0. The summed E-state index contributed by atoms with van der Waals surface area (Å²) in [6.45, 7) is 12.7. The van der Waals surface area contributed by atoms with Crippen molar-refractivity contribution in [3.63, 3.8) is 0 Å². The van der Waals surface area contributed by atoms with Crippen molar-refractivity contribution in [1.29, 1.82) is 0 Å². The maximum Gasteiger partial charge on any atom is 0.144 e. The molecule has 0 radical (unpaired) electrons. The molecular weight excluding hydrogens is 825 g/mol. The Morgan fingerprint density at radius 1 is 0.561 bits per heavy atom. The van der Waals surface area contributed by atoms with Gasteiger partial charge in [0.05, 0.1) is 17.7 Å². The molecule has 0 unspecified atom stereocenters. The smallest absolute Gasteiger partial charge is 0.144 e. The maximum absolute atomic E-state index is 7.53. The van der Waals surface area contributed by atoms with Crippen molar-refractivity contribution >= 4 is 98.3 Å². The second-order valence-corrected chi connectivity index (χ2v) is 22.4.